The normalized spacial score (nSPS) is 23.7. The van der Waals surface area contributed by atoms with Gasteiger partial charge in [-0.3, -0.25) is 0 Å². The fourth-order valence-corrected chi connectivity index (χ4v) is 3.84. The molecule has 1 aliphatic rings. The molecular weight excluding hydrogens is 258 g/mol. The summed E-state index contributed by atoms with van der Waals surface area (Å²) >= 11 is 0. The van der Waals surface area contributed by atoms with Gasteiger partial charge in [-0.1, -0.05) is 24.3 Å². The molecule has 1 aromatic carbocycles. The van der Waals surface area contributed by atoms with Crippen molar-refractivity contribution in [1.29, 1.82) is 0 Å². The van der Waals surface area contributed by atoms with Crippen molar-refractivity contribution in [3.63, 3.8) is 0 Å². The van der Waals surface area contributed by atoms with E-state index in [9.17, 15) is 8.42 Å². The molecule has 0 fully saturated rings. The summed E-state index contributed by atoms with van der Waals surface area (Å²) in [6.07, 6.45) is 5.41. The first-order valence-corrected chi connectivity index (χ1v) is 9.00. The maximum atomic E-state index is 11.4. The Kier molecular flexibility index (Phi) is 4.63. The highest BCUT2D eigenvalue weighted by atomic mass is 32.2. The number of benzene rings is 1. The number of hydrogen-bond donors (Lipinski definition) is 1. The maximum Gasteiger partial charge on any atom is 0.147 e. The van der Waals surface area contributed by atoms with Gasteiger partial charge >= 0.3 is 0 Å². The van der Waals surface area contributed by atoms with Crippen LogP contribution < -0.4 is 5.32 Å². The topological polar surface area (TPSA) is 46.2 Å². The lowest BCUT2D eigenvalue weighted by Gasteiger charge is -2.26. The van der Waals surface area contributed by atoms with Gasteiger partial charge in [0.1, 0.15) is 9.84 Å². The van der Waals surface area contributed by atoms with Crippen LogP contribution >= 0.6 is 0 Å². The van der Waals surface area contributed by atoms with Crippen LogP contribution in [0.4, 0.5) is 0 Å². The lowest BCUT2D eigenvalue weighted by atomic mass is 9.89. The Labute approximate surface area is 116 Å². The molecular formula is C15H23NO2S. The highest BCUT2D eigenvalue weighted by Crippen LogP contribution is 2.35. The van der Waals surface area contributed by atoms with Gasteiger partial charge in [-0.15, -0.1) is 0 Å². The summed E-state index contributed by atoms with van der Waals surface area (Å²) in [4.78, 5) is 0. The van der Waals surface area contributed by atoms with Crippen LogP contribution in [-0.4, -0.2) is 27.5 Å². The fourth-order valence-electron chi connectivity index (χ4n) is 3.11. The van der Waals surface area contributed by atoms with E-state index in [2.05, 4.69) is 29.6 Å². The molecule has 0 saturated carbocycles. The molecule has 0 bridgehead atoms. The largest absolute Gasteiger partial charge is 0.313 e. The molecule has 19 heavy (non-hydrogen) atoms. The Morgan fingerprint density at radius 3 is 2.74 bits per heavy atom. The number of hydrogen-bond acceptors (Lipinski definition) is 3. The lowest BCUT2D eigenvalue weighted by Crippen LogP contribution is -2.26. The van der Waals surface area contributed by atoms with Crippen molar-refractivity contribution in [3.05, 3.63) is 35.4 Å². The van der Waals surface area contributed by atoms with Gasteiger partial charge in [-0.25, -0.2) is 8.42 Å². The van der Waals surface area contributed by atoms with E-state index in [1.165, 1.54) is 17.4 Å². The summed E-state index contributed by atoms with van der Waals surface area (Å²) in [6.45, 7) is 0. The number of rotatable bonds is 4. The Balaban J connectivity index is 2.21. The van der Waals surface area contributed by atoms with E-state index >= 15 is 0 Å². The first-order valence-electron chi connectivity index (χ1n) is 6.94. The van der Waals surface area contributed by atoms with E-state index in [0.717, 1.165) is 25.7 Å². The van der Waals surface area contributed by atoms with E-state index in [1.54, 1.807) is 0 Å². The van der Waals surface area contributed by atoms with E-state index < -0.39 is 9.84 Å². The standard InChI is InChI=1S/C15H23NO2S/c1-16-15-13(10-11-19(2,17)18)8-5-7-12-6-3-4-9-14(12)15/h3-4,6,9,13,15-16H,5,7-8,10-11H2,1-2H3. The molecule has 3 nitrogen and oxygen atoms in total. The number of fused-ring (bicyclic) bond motifs is 1. The number of sulfone groups is 1. The van der Waals surface area contributed by atoms with Crippen LogP contribution in [0.5, 0.6) is 0 Å². The quantitative estimate of drug-likeness (QED) is 0.862. The molecule has 0 spiro atoms. The molecule has 1 N–H and O–H groups in total. The number of nitrogens with one attached hydrogen (secondary N) is 1. The second-order valence-electron chi connectivity index (χ2n) is 5.54. The van der Waals surface area contributed by atoms with Crippen molar-refractivity contribution < 1.29 is 8.42 Å². The van der Waals surface area contributed by atoms with Gasteiger partial charge in [0.15, 0.2) is 0 Å². The predicted molar refractivity (Wildman–Crippen MR) is 79.0 cm³/mol. The molecule has 0 saturated heterocycles. The van der Waals surface area contributed by atoms with Crippen molar-refractivity contribution in [2.75, 3.05) is 19.1 Å². The Morgan fingerprint density at radius 2 is 2.05 bits per heavy atom. The zero-order valence-electron chi connectivity index (χ0n) is 11.7. The first kappa shape index (κ1) is 14.5. The van der Waals surface area contributed by atoms with Crippen molar-refractivity contribution >= 4 is 9.84 Å². The highest BCUT2D eigenvalue weighted by molar-refractivity contribution is 7.90. The molecule has 4 heteroatoms. The monoisotopic (exact) mass is 281 g/mol. The van der Waals surface area contributed by atoms with Gasteiger partial charge in [0.25, 0.3) is 0 Å². The van der Waals surface area contributed by atoms with Crippen LogP contribution in [0.2, 0.25) is 0 Å². The third-order valence-electron chi connectivity index (χ3n) is 4.05. The van der Waals surface area contributed by atoms with Crippen molar-refractivity contribution in [2.24, 2.45) is 5.92 Å². The molecule has 0 radical (unpaired) electrons. The Morgan fingerprint density at radius 1 is 1.32 bits per heavy atom. The fraction of sp³-hybridized carbons (Fsp3) is 0.600. The van der Waals surface area contributed by atoms with Gasteiger partial charge in [-0.05, 0) is 49.8 Å². The zero-order valence-corrected chi connectivity index (χ0v) is 12.5. The van der Waals surface area contributed by atoms with Crippen LogP contribution in [0.25, 0.3) is 0 Å². The Hall–Kier alpha value is -0.870. The van der Waals surface area contributed by atoms with E-state index in [1.807, 2.05) is 7.05 Å². The molecule has 0 amide bonds. The van der Waals surface area contributed by atoms with Crippen molar-refractivity contribution in [1.82, 2.24) is 5.32 Å². The minimum atomic E-state index is -2.87. The summed E-state index contributed by atoms with van der Waals surface area (Å²) < 4.78 is 22.8. The smallest absolute Gasteiger partial charge is 0.147 e. The van der Waals surface area contributed by atoms with Gasteiger partial charge in [0.05, 0.1) is 5.75 Å². The summed E-state index contributed by atoms with van der Waals surface area (Å²) in [7, 11) is -0.900. The molecule has 2 rings (SSSR count). The first-order chi connectivity index (χ1) is 9.01. The predicted octanol–water partition coefficient (Wildman–Crippen LogP) is 2.33. The zero-order chi connectivity index (χ0) is 13.9. The van der Waals surface area contributed by atoms with Crippen LogP contribution in [-0.2, 0) is 16.3 Å². The SMILES string of the molecule is CNC1c2ccccc2CCCC1CCS(C)(=O)=O. The van der Waals surface area contributed by atoms with Crippen LogP contribution in [0.3, 0.4) is 0 Å². The summed E-state index contributed by atoms with van der Waals surface area (Å²) in [5, 5.41) is 3.39. The number of aryl methyl sites for hydroxylation is 1. The van der Waals surface area contributed by atoms with E-state index in [-0.39, 0.29) is 11.8 Å². The molecule has 0 aliphatic heterocycles. The molecule has 0 heterocycles. The summed E-state index contributed by atoms with van der Waals surface area (Å²) in [5.74, 6) is 0.696. The van der Waals surface area contributed by atoms with Gasteiger partial charge in [0, 0.05) is 12.3 Å². The lowest BCUT2D eigenvalue weighted by molar-refractivity contribution is 0.351. The van der Waals surface area contributed by atoms with Gasteiger partial charge in [-0.2, -0.15) is 0 Å². The van der Waals surface area contributed by atoms with Crippen molar-refractivity contribution in [2.45, 2.75) is 31.7 Å². The second kappa shape index (κ2) is 6.06. The summed E-state index contributed by atoms with van der Waals surface area (Å²) in [5.41, 5.74) is 2.75. The third-order valence-corrected chi connectivity index (χ3v) is 5.03. The highest BCUT2D eigenvalue weighted by Gasteiger charge is 2.26. The van der Waals surface area contributed by atoms with Gasteiger partial charge in [0.2, 0.25) is 0 Å². The molecule has 0 aromatic heterocycles. The third kappa shape index (κ3) is 3.80. The molecule has 106 valence electrons. The van der Waals surface area contributed by atoms with Crippen molar-refractivity contribution in [3.8, 4) is 0 Å². The van der Waals surface area contributed by atoms with Crippen LogP contribution in [0.1, 0.15) is 36.4 Å². The van der Waals surface area contributed by atoms with E-state index in [4.69, 9.17) is 0 Å². The van der Waals surface area contributed by atoms with Crippen LogP contribution in [0, 0.1) is 5.92 Å². The summed E-state index contributed by atoms with van der Waals surface area (Å²) in [6, 6.07) is 8.80. The molecule has 1 aromatic rings. The molecule has 1 aliphatic carbocycles. The molecule has 2 atom stereocenters. The van der Waals surface area contributed by atoms with Gasteiger partial charge < -0.3 is 5.32 Å². The second-order valence-corrected chi connectivity index (χ2v) is 7.80. The minimum absolute atomic E-state index is 0.278. The Bertz CT molecular complexity index is 525. The minimum Gasteiger partial charge on any atom is -0.313 e. The maximum absolute atomic E-state index is 11.4. The van der Waals surface area contributed by atoms with Crippen LogP contribution in [0.15, 0.2) is 24.3 Å². The average molecular weight is 281 g/mol. The molecule has 2 unspecified atom stereocenters. The van der Waals surface area contributed by atoms with E-state index in [0.29, 0.717) is 5.92 Å². The average Bonchev–Trinajstić information content (AvgIpc) is 2.54.